The van der Waals surface area contributed by atoms with Gasteiger partial charge in [-0.25, -0.2) is 9.37 Å². The maximum absolute atomic E-state index is 12.9. The van der Waals surface area contributed by atoms with Crippen molar-refractivity contribution in [2.75, 3.05) is 11.1 Å². The molecule has 0 bridgehead atoms. The summed E-state index contributed by atoms with van der Waals surface area (Å²) < 4.78 is 12.9. The molecular weight excluding hydrogens is 257 g/mol. The molecule has 0 aliphatic rings. The Kier molecular flexibility index (Phi) is 3.43. The number of halogens is 2. The van der Waals surface area contributed by atoms with Crippen LogP contribution in [0.2, 0.25) is 5.02 Å². The summed E-state index contributed by atoms with van der Waals surface area (Å²) in [7, 11) is 0. The molecule has 1 aromatic carbocycles. The van der Waals surface area contributed by atoms with Gasteiger partial charge in [0.1, 0.15) is 11.6 Å². The highest BCUT2D eigenvalue weighted by atomic mass is 35.5. The molecule has 18 heavy (non-hydrogen) atoms. The van der Waals surface area contributed by atoms with Gasteiger partial charge in [-0.1, -0.05) is 11.6 Å². The van der Waals surface area contributed by atoms with Crippen molar-refractivity contribution in [1.82, 2.24) is 4.98 Å². The third-order valence-corrected chi connectivity index (χ3v) is 2.55. The first-order valence-electron chi connectivity index (χ1n) is 5.05. The van der Waals surface area contributed by atoms with Gasteiger partial charge in [0.2, 0.25) is 0 Å². The lowest BCUT2D eigenvalue weighted by atomic mass is 10.2. The van der Waals surface area contributed by atoms with E-state index in [1.54, 1.807) is 12.1 Å². The second-order valence-corrected chi connectivity index (χ2v) is 3.93. The molecule has 0 fully saturated rings. The number of aromatic nitrogens is 1. The van der Waals surface area contributed by atoms with Crippen molar-refractivity contribution in [3.63, 3.8) is 0 Å². The third kappa shape index (κ3) is 2.57. The molecule has 2 rings (SSSR count). The maximum Gasteiger partial charge on any atom is 0.259 e. The number of carbonyl (C=O) groups excluding carboxylic acids is 1. The van der Waals surface area contributed by atoms with Crippen molar-refractivity contribution >= 4 is 29.0 Å². The summed E-state index contributed by atoms with van der Waals surface area (Å²) in [6.45, 7) is 0. The number of pyridine rings is 1. The Balaban J connectivity index is 2.22. The summed E-state index contributed by atoms with van der Waals surface area (Å²) in [5, 5.41) is 2.49. The third-order valence-electron chi connectivity index (χ3n) is 2.26. The maximum atomic E-state index is 12.9. The number of rotatable bonds is 2. The molecule has 0 spiro atoms. The largest absolute Gasteiger partial charge is 0.383 e. The highest BCUT2D eigenvalue weighted by Gasteiger charge is 2.11. The van der Waals surface area contributed by atoms with Crippen molar-refractivity contribution in [2.24, 2.45) is 0 Å². The van der Waals surface area contributed by atoms with E-state index in [2.05, 4.69) is 10.3 Å². The number of hydrogen-bond acceptors (Lipinski definition) is 3. The number of benzene rings is 1. The van der Waals surface area contributed by atoms with Gasteiger partial charge in [-0.05, 0) is 30.3 Å². The van der Waals surface area contributed by atoms with E-state index < -0.39 is 11.7 Å². The Labute approximate surface area is 108 Å². The van der Waals surface area contributed by atoms with E-state index in [0.29, 0.717) is 5.69 Å². The molecule has 92 valence electrons. The van der Waals surface area contributed by atoms with Crippen LogP contribution >= 0.6 is 11.6 Å². The van der Waals surface area contributed by atoms with Gasteiger partial charge in [-0.15, -0.1) is 0 Å². The van der Waals surface area contributed by atoms with Crippen LogP contribution in [0.3, 0.4) is 0 Å². The van der Waals surface area contributed by atoms with Crippen molar-refractivity contribution in [2.45, 2.75) is 0 Å². The van der Waals surface area contributed by atoms with Gasteiger partial charge in [-0.3, -0.25) is 4.79 Å². The predicted octanol–water partition coefficient (Wildman–Crippen LogP) is 2.71. The molecule has 1 heterocycles. The molecule has 0 saturated heterocycles. The van der Waals surface area contributed by atoms with E-state index in [1.807, 2.05) is 0 Å². The van der Waals surface area contributed by atoms with E-state index in [9.17, 15) is 9.18 Å². The number of nitrogens with one attached hydrogen (secondary N) is 1. The summed E-state index contributed by atoms with van der Waals surface area (Å²) in [6.07, 6.45) is 1.49. The van der Waals surface area contributed by atoms with Gasteiger partial charge in [-0.2, -0.15) is 0 Å². The average Bonchev–Trinajstić information content (AvgIpc) is 2.34. The number of hydrogen-bond donors (Lipinski definition) is 2. The molecular formula is C12H9ClFN3O. The number of carbonyl (C=O) groups is 1. The summed E-state index contributed by atoms with van der Waals surface area (Å²) in [5.41, 5.74) is 6.20. The first-order chi connectivity index (χ1) is 8.58. The van der Waals surface area contributed by atoms with E-state index in [-0.39, 0.29) is 16.4 Å². The van der Waals surface area contributed by atoms with Gasteiger partial charge in [0, 0.05) is 11.9 Å². The van der Waals surface area contributed by atoms with Crippen LogP contribution in [0.5, 0.6) is 0 Å². The normalized spacial score (nSPS) is 10.1. The van der Waals surface area contributed by atoms with Crippen molar-refractivity contribution in [3.05, 3.63) is 52.9 Å². The van der Waals surface area contributed by atoms with Crippen LogP contribution in [0, 0.1) is 5.82 Å². The highest BCUT2D eigenvalue weighted by Crippen LogP contribution is 2.20. The number of anilines is 2. The van der Waals surface area contributed by atoms with E-state index in [1.165, 1.54) is 24.4 Å². The fraction of sp³-hybridized carbons (Fsp3) is 0. The van der Waals surface area contributed by atoms with Crippen LogP contribution in [0.4, 0.5) is 15.9 Å². The minimum atomic E-state index is -0.546. The first kappa shape index (κ1) is 12.3. The molecule has 2 aromatic rings. The molecule has 0 radical (unpaired) electrons. The lowest BCUT2D eigenvalue weighted by molar-refractivity contribution is 0.102. The molecule has 0 aliphatic heterocycles. The smallest absolute Gasteiger partial charge is 0.259 e. The molecule has 0 unspecified atom stereocenters. The molecule has 3 N–H and O–H groups in total. The Bertz CT molecular complexity index is 604. The van der Waals surface area contributed by atoms with Crippen molar-refractivity contribution < 1.29 is 9.18 Å². The first-order valence-corrected chi connectivity index (χ1v) is 5.42. The quantitative estimate of drug-likeness (QED) is 0.877. The molecule has 0 saturated carbocycles. The fourth-order valence-corrected chi connectivity index (χ4v) is 1.56. The van der Waals surface area contributed by atoms with Gasteiger partial charge in [0.25, 0.3) is 5.91 Å². The second kappa shape index (κ2) is 5.01. The Hall–Kier alpha value is -2.14. The minimum absolute atomic E-state index is 0.0630. The Morgan fingerprint density at radius 2 is 2.17 bits per heavy atom. The van der Waals surface area contributed by atoms with Gasteiger partial charge in [0.15, 0.2) is 0 Å². The van der Waals surface area contributed by atoms with Crippen molar-refractivity contribution in [1.29, 1.82) is 0 Å². The zero-order valence-electron chi connectivity index (χ0n) is 9.15. The highest BCUT2D eigenvalue weighted by molar-refractivity contribution is 6.31. The van der Waals surface area contributed by atoms with Crippen LogP contribution in [0.25, 0.3) is 0 Å². The predicted molar refractivity (Wildman–Crippen MR) is 68.0 cm³/mol. The van der Waals surface area contributed by atoms with Crippen LogP contribution in [0.1, 0.15) is 10.4 Å². The Morgan fingerprint density at radius 3 is 2.83 bits per heavy atom. The van der Waals surface area contributed by atoms with E-state index in [0.717, 1.165) is 0 Å². The van der Waals surface area contributed by atoms with Gasteiger partial charge >= 0.3 is 0 Å². The molecule has 4 nitrogen and oxygen atoms in total. The number of nitrogens with zero attached hydrogens (tertiary/aromatic N) is 1. The Morgan fingerprint density at radius 1 is 1.39 bits per heavy atom. The lowest BCUT2D eigenvalue weighted by Crippen LogP contribution is -2.14. The second-order valence-electron chi connectivity index (χ2n) is 3.52. The number of nitrogens with two attached hydrogens (primary N) is 1. The summed E-state index contributed by atoms with van der Waals surface area (Å²) in [6, 6.07) is 7.04. The summed E-state index contributed by atoms with van der Waals surface area (Å²) >= 11 is 5.61. The summed E-state index contributed by atoms with van der Waals surface area (Å²) in [5.74, 6) is -0.845. The van der Waals surface area contributed by atoms with Crippen LogP contribution in [-0.2, 0) is 0 Å². The minimum Gasteiger partial charge on any atom is -0.383 e. The lowest BCUT2D eigenvalue weighted by Gasteiger charge is -2.07. The van der Waals surface area contributed by atoms with Crippen LogP contribution in [0.15, 0.2) is 36.5 Å². The number of amides is 1. The molecule has 1 aromatic heterocycles. The zero-order chi connectivity index (χ0) is 13.1. The molecule has 0 aliphatic carbocycles. The van der Waals surface area contributed by atoms with E-state index in [4.69, 9.17) is 17.3 Å². The SMILES string of the molecule is Nc1ncccc1C(=O)Nc1ccc(F)c(Cl)c1. The van der Waals surface area contributed by atoms with Crippen molar-refractivity contribution in [3.8, 4) is 0 Å². The molecule has 6 heteroatoms. The topological polar surface area (TPSA) is 68.0 Å². The standard InChI is InChI=1S/C12H9ClFN3O/c13-9-6-7(3-4-10(9)14)17-12(18)8-2-1-5-16-11(8)15/h1-6H,(H2,15,16)(H,17,18). The van der Waals surface area contributed by atoms with Gasteiger partial charge in [0.05, 0.1) is 10.6 Å². The molecule has 1 amide bonds. The fourth-order valence-electron chi connectivity index (χ4n) is 1.38. The number of nitrogen functional groups attached to an aromatic ring is 1. The zero-order valence-corrected chi connectivity index (χ0v) is 9.91. The van der Waals surface area contributed by atoms with Gasteiger partial charge < -0.3 is 11.1 Å². The average molecular weight is 266 g/mol. The molecule has 0 atom stereocenters. The van der Waals surface area contributed by atoms with Crippen LogP contribution in [-0.4, -0.2) is 10.9 Å². The van der Waals surface area contributed by atoms with E-state index >= 15 is 0 Å². The van der Waals surface area contributed by atoms with Crippen LogP contribution < -0.4 is 11.1 Å². The monoisotopic (exact) mass is 265 g/mol. The summed E-state index contributed by atoms with van der Waals surface area (Å²) in [4.78, 5) is 15.7.